The van der Waals surface area contributed by atoms with Crippen molar-refractivity contribution in [1.29, 1.82) is 0 Å². The van der Waals surface area contributed by atoms with Crippen LogP contribution in [0.3, 0.4) is 0 Å². The van der Waals surface area contributed by atoms with E-state index in [1.54, 1.807) is 0 Å². The molecule has 2 rings (SSSR count). The highest BCUT2D eigenvalue weighted by Crippen LogP contribution is 2.33. The van der Waals surface area contributed by atoms with Crippen LogP contribution in [-0.2, 0) is 9.53 Å². The summed E-state index contributed by atoms with van der Waals surface area (Å²) in [5.74, 6) is 0.0275. The fourth-order valence-corrected chi connectivity index (χ4v) is 2.58. The van der Waals surface area contributed by atoms with Crippen LogP contribution in [0, 0.1) is 0 Å². The van der Waals surface area contributed by atoms with Gasteiger partial charge in [-0.2, -0.15) is 0 Å². The van der Waals surface area contributed by atoms with Gasteiger partial charge in [0.2, 0.25) is 5.91 Å². The van der Waals surface area contributed by atoms with Crippen LogP contribution in [0.5, 0.6) is 0 Å². The van der Waals surface area contributed by atoms with Crippen molar-refractivity contribution >= 4 is 11.6 Å². The molecule has 1 aromatic rings. The minimum absolute atomic E-state index is 0.0681. The lowest BCUT2D eigenvalue weighted by Gasteiger charge is -2.30. The van der Waals surface area contributed by atoms with Gasteiger partial charge in [-0.25, -0.2) is 0 Å². The van der Waals surface area contributed by atoms with E-state index in [9.17, 15) is 4.79 Å². The standard InChI is InChI=1S/C16H24N2O2/c1-11(2)20-9-8-17-16(19)14-10-12(3)18-15-7-5-4-6-13(14)15/h4-7,11-12,14,18H,8-10H2,1-3H3,(H,17,19). The third-order valence-electron chi connectivity index (χ3n) is 3.50. The average Bonchev–Trinajstić information content (AvgIpc) is 2.42. The predicted molar refractivity (Wildman–Crippen MR) is 81.0 cm³/mol. The van der Waals surface area contributed by atoms with Gasteiger partial charge in [0.15, 0.2) is 0 Å². The summed E-state index contributed by atoms with van der Waals surface area (Å²) in [5, 5.41) is 6.40. The van der Waals surface area contributed by atoms with E-state index in [2.05, 4.69) is 17.6 Å². The molecule has 20 heavy (non-hydrogen) atoms. The maximum Gasteiger partial charge on any atom is 0.227 e. The summed E-state index contributed by atoms with van der Waals surface area (Å²) in [5.41, 5.74) is 2.16. The number of rotatable bonds is 5. The summed E-state index contributed by atoms with van der Waals surface area (Å²) in [6.07, 6.45) is 1.03. The van der Waals surface area contributed by atoms with E-state index in [0.29, 0.717) is 19.2 Å². The van der Waals surface area contributed by atoms with Crippen molar-refractivity contribution < 1.29 is 9.53 Å². The maximum absolute atomic E-state index is 12.4. The van der Waals surface area contributed by atoms with Crippen molar-refractivity contribution in [3.63, 3.8) is 0 Å². The normalized spacial score (nSPS) is 21.2. The molecule has 4 nitrogen and oxygen atoms in total. The van der Waals surface area contributed by atoms with E-state index in [0.717, 1.165) is 17.7 Å². The number of fused-ring (bicyclic) bond motifs is 1. The van der Waals surface area contributed by atoms with Gasteiger partial charge in [0.05, 0.1) is 18.6 Å². The first kappa shape index (κ1) is 14.9. The Labute approximate surface area is 120 Å². The average molecular weight is 276 g/mol. The van der Waals surface area contributed by atoms with Gasteiger partial charge in [-0.1, -0.05) is 18.2 Å². The lowest BCUT2D eigenvalue weighted by molar-refractivity contribution is -0.123. The molecule has 0 saturated carbocycles. The number of benzene rings is 1. The van der Waals surface area contributed by atoms with Crippen molar-refractivity contribution in [3.8, 4) is 0 Å². The molecule has 110 valence electrons. The molecule has 0 fully saturated rings. The number of para-hydroxylation sites is 1. The summed E-state index contributed by atoms with van der Waals surface area (Å²) < 4.78 is 5.44. The van der Waals surface area contributed by atoms with Gasteiger partial charge in [-0.15, -0.1) is 0 Å². The molecule has 1 aliphatic heterocycles. The van der Waals surface area contributed by atoms with Crippen LogP contribution in [0.25, 0.3) is 0 Å². The molecule has 2 unspecified atom stereocenters. The molecule has 0 aliphatic carbocycles. The summed E-state index contributed by atoms with van der Waals surface area (Å²) in [6.45, 7) is 7.22. The summed E-state index contributed by atoms with van der Waals surface area (Å²) in [4.78, 5) is 12.4. The second-order valence-electron chi connectivity index (χ2n) is 5.63. The van der Waals surface area contributed by atoms with Crippen LogP contribution >= 0.6 is 0 Å². The fraction of sp³-hybridized carbons (Fsp3) is 0.562. The molecule has 2 N–H and O–H groups in total. The van der Waals surface area contributed by atoms with E-state index in [4.69, 9.17) is 4.74 Å². The smallest absolute Gasteiger partial charge is 0.227 e. The zero-order valence-corrected chi connectivity index (χ0v) is 12.5. The van der Waals surface area contributed by atoms with Gasteiger partial charge >= 0.3 is 0 Å². The lowest BCUT2D eigenvalue weighted by Crippen LogP contribution is -2.37. The molecular weight excluding hydrogens is 252 g/mol. The molecule has 1 aromatic carbocycles. The molecule has 0 aromatic heterocycles. The van der Waals surface area contributed by atoms with Crippen LogP contribution < -0.4 is 10.6 Å². The lowest BCUT2D eigenvalue weighted by atomic mass is 9.87. The number of hydrogen-bond donors (Lipinski definition) is 2. The van der Waals surface area contributed by atoms with Crippen LogP contribution in [0.15, 0.2) is 24.3 Å². The second kappa shape index (κ2) is 6.75. The molecule has 0 spiro atoms. The highest BCUT2D eigenvalue weighted by Gasteiger charge is 2.29. The Hall–Kier alpha value is -1.55. The number of ether oxygens (including phenoxy) is 1. The number of amides is 1. The van der Waals surface area contributed by atoms with Crippen LogP contribution in [0.1, 0.15) is 38.7 Å². The van der Waals surface area contributed by atoms with Crippen molar-refractivity contribution in [3.05, 3.63) is 29.8 Å². The fourth-order valence-electron chi connectivity index (χ4n) is 2.58. The highest BCUT2D eigenvalue weighted by atomic mass is 16.5. The van der Waals surface area contributed by atoms with E-state index in [-0.39, 0.29) is 17.9 Å². The van der Waals surface area contributed by atoms with E-state index in [1.165, 1.54) is 0 Å². The van der Waals surface area contributed by atoms with Gasteiger partial charge in [0, 0.05) is 18.3 Å². The van der Waals surface area contributed by atoms with E-state index < -0.39 is 0 Å². The minimum Gasteiger partial charge on any atom is -0.382 e. The van der Waals surface area contributed by atoms with E-state index in [1.807, 2.05) is 38.1 Å². The van der Waals surface area contributed by atoms with E-state index >= 15 is 0 Å². The van der Waals surface area contributed by atoms with Crippen molar-refractivity contribution in [1.82, 2.24) is 5.32 Å². The van der Waals surface area contributed by atoms with Gasteiger partial charge < -0.3 is 15.4 Å². The first-order valence-corrected chi connectivity index (χ1v) is 7.32. The Balaban J connectivity index is 1.96. The molecule has 4 heteroatoms. The van der Waals surface area contributed by atoms with Crippen LogP contribution in [0.2, 0.25) is 0 Å². The van der Waals surface area contributed by atoms with Crippen molar-refractivity contribution in [2.24, 2.45) is 0 Å². The van der Waals surface area contributed by atoms with Crippen molar-refractivity contribution in [2.75, 3.05) is 18.5 Å². The number of hydrogen-bond acceptors (Lipinski definition) is 3. The first-order chi connectivity index (χ1) is 9.58. The Bertz CT molecular complexity index is 460. The SMILES string of the molecule is CC1CC(C(=O)NCCOC(C)C)c2ccccc2N1. The maximum atomic E-state index is 12.4. The molecule has 0 saturated heterocycles. The number of carbonyl (C=O) groups is 1. The Morgan fingerprint density at radius 1 is 1.45 bits per heavy atom. The predicted octanol–water partition coefficient (Wildman–Crippen LogP) is 2.52. The first-order valence-electron chi connectivity index (χ1n) is 7.32. The molecule has 2 atom stereocenters. The van der Waals surface area contributed by atoms with Gasteiger partial charge in [0.25, 0.3) is 0 Å². The zero-order valence-electron chi connectivity index (χ0n) is 12.5. The van der Waals surface area contributed by atoms with Gasteiger partial charge in [-0.05, 0) is 38.8 Å². The number of carbonyl (C=O) groups excluding carboxylic acids is 1. The Morgan fingerprint density at radius 2 is 2.20 bits per heavy atom. The summed E-state index contributed by atoms with van der Waals surface area (Å²) in [6, 6.07) is 8.36. The second-order valence-corrected chi connectivity index (χ2v) is 5.63. The third-order valence-corrected chi connectivity index (χ3v) is 3.50. The summed E-state index contributed by atoms with van der Waals surface area (Å²) in [7, 11) is 0. The quantitative estimate of drug-likeness (QED) is 0.813. The minimum atomic E-state index is -0.0681. The molecular formula is C16H24N2O2. The number of anilines is 1. The Kier molecular flexibility index (Phi) is 5.01. The third kappa shape index (κ3) is 3.73. The van der Waals surface area contributed by atoms with Crippen LogP contribution in [0.4, 0.5) is 5.69 Å². The largest absolute Gasteiger partial charge is 0.382 e. The number of nitrogens with one attached hydrogen (secondary N) is 2. The Morgan fingerprint density at radius 3 is 2.95 bits per heavy atom. The molecule has 0 radical (unpaired) electrons. The summed E-state index contributed by atoms with van der Waals surface area (Å²) >= 11 is 0. The van der Waals surface area contributed by atoms with Crippen molar-refractivity contribution in [2.45, 2.75) is 45.3 Å². The van der Waals surface area contributed by atoms with Gasteiger partial charge in [0.1, 0.15) is 0 Å². The zero-order chi connectivity index (χ0) is 14.5. The molecule has 1 heterocycles. The monoisotopic (exact) mass is 276 g/mol. The highest BCUT2D eigenvalue weighted by molar-refractivity contribution is 5.86. The molecule has 1 aliphatic rings. The van der Waals surface area contributed by atoms with Crippen LogP contribution in [-0.4, -0.2) is 31.2 Å². The van der Waals surface area contributed by atoms with Gasteiger partial charge in [-0.3, -0.25) is 4.79 Å². The topological polar surface area (TPSA) is 50.4 Å². The molecule has 1 amide bonds. The molecule has 0 bridgehead atoms.